The summed E-state index contributed by atoms with van der Waals surface area (Å²) < 4.78 is 0. The number of hydrogen-bond donors (Lipinski definition) is 0. The molecule has 1 heterocycles. The van der Waals surface area contributed by atoms with Gasteiger partial charge < -0.3 is 9.80 Å². The number of carbonyl (C=O) groups excluding carboxylic acids is 2. The normalized spacial score (nSPS) is 19.0. The fourth-order valence-corrected chi connectivity index (χ4v) is 5.27. The zero-order chi connectivity index (χ0) is 22.8. The van der Waals surface area contributed by atoms with Crippen LogP contribution in [0.5, 0.6) is 0 Å². The number of halogens is 1. The predicted octanol–water partition coefficient (Wildman–Crippen LogP) is 5.76. The van der Waals surface area contributed by atoms with Crippen molar-refractivity contribution in [3.63, 3.8) is 0 Å². The van der Waals surface area contributed by atoms with Gasteiger partial charge in [-0.2, -0.15) is 0 Å². The van der Waals surface area contributed by atoms with Crippen LogP contribution in [0.15, 0.2) is 48.5 Å². The molecular formula is C25H31ClN2O2S. The van der Waals surface area contributed by atoms with Crippen molar-refractivity contribution in [2.24, 2.45) is 0 Å². The Bertz CT molecular complexity index is 939. The molecule has 1 saturated heterocycles. The van der Waals surface area contributed by atoms with Gasteiger partial charge in [0.2, 0.25) is 5.91 Å². The van der Waals surface area contributed by atoms with E-state index in [2.05, 4.69) is 45.0 Å². The maximum atomic E-state index is 13.0. The first-order chi connectivity index (χ1) is 14.6. The van der Waals surface area contributed by atoms with E-state index in [1.807, 2.05) is 30.9 Å². The molecule has 2 aromatic carbocycles. The van der Waals surface area contributed by atoms with Gasteiger partial charge in [-0.25, -0.2) is 0 Å². The average molecular weight is 459 g/mol. The third-order valence-corrected chi connectivity index (χ3v) is 7.42. The summed E-state index contributed by atoms with van der Waals surface area (Å²) in [5, 5.41) is 0.316. The molecule has 0 bridgehead atoms. The highest BCUT2D eigenvalue weighted by Crippen LogP contribution is 2.43. The summed E-state index contributed by atoms with van der Waals surface area (Å²) in [6.07, 6.45) is 0. The van der Waals surface area contributed by atoms with E-state index in [9.17, 15) is 9.59 Å². The molecule has 0 N–H and O–H groups in total. The van der Waals surface area contributed by atoms with Gasteiger partial charge in [-0.3, -0.25) is 9.59 Å². The molecule has 3 rings (SSSR count). The number of thioether (sulfide) groups is 1. The summed E-state index contributed by atoms with van der Waals surface area (Å²) in [5.74, 6) is 0.0164. The third kappa shape index (κ3) is 5.27. The molecule has 0 unspecified atom stereocenters. The Labute approximate surface area is 194 Å². The van der Waals surface area contributed by atoms with Gasteiger partial charge >= 0.3 is 0 Å². The molecule has 0 spiro atoms. The Morgan fingerprint density at radius 2 is 1.77 bits per heavy atom. The molecule has 0 radical (unpaired) electrons. The maximum Gasteiger partial charge on any atom is 0.255 e. The average Bonchev–Trinajstić information content (AvgIpc) is 3.02. The van der Waals surface area contributed by atoms with Crippen molar-refractivity contribution in [2.75, 3.05) is 19.6 Å². The number of benzene rings is 2. The van der Waals surface area contributed by atoms with Crippen LogP contribution in [0.1, 0.15) is 61.5 Å². The first-order valence-corrected chi connectivity index (χ1v) is 12.1. The van der Waals surface area contributed by atoms with Gasteiger partial charge in [0.1, 0.15) is 5.37 Å². The molecule has 2 atom stereocenters. The molecular weight excluding hydrogens is 428 g/mol. The van der Waals surface area contributed by atoms with Crippen LogP contribution in [-0.2, 0) is 10.2 Å². The van der Waals surface area contributed by atoms with E-state index in [1.54, 1.807) is 28.8 Å². The van der Waals surface area contributed by atoms with Crippen LogP contribution >= 0.6 is 23.4 Å². The number of amides is 2. The molecule has 1 aliphatic rings. The summed E-state index contributed by atoms with van der Waals surface area (Å²) >= 11 is 7.89. The van der Waals surface area contributed by atoms with Crippen LogP contribution in [0.3, 0.4) is 0 Å². The highest BCUT2D eigenvalue weighted by Gasteiger charge is 2.38. The first kappa shape index (κ1) is 23.7. The lowest BCUT2D eigenvalue weighted by Crippen LogP contribution is -2.40. The molecule has 2 amide bonds. The minimum Gasteiger partial charge on any atom is -0.337 e. The van der Waals surface area contributed by atoms with Crippen molar-refractivity contribution in [2.45, 2.75) is 50.7 Å². The molecule has 0 saturated carbocycles. The second-order valence-corrected chi connectivity index (χ2v) is 10.7. The van der Waals surface area contributed by atoms with Gasteiger partial charge in [0.25, 0.3) is 5.91 Å². The largest absolute Gasteiger partial charge is 0.337 e. The van der Waals surface area contributed by atoms with Gasteiger partial charge in [-0.1, -0.05) is 68.8 Å². The minimum atomic E-state index is -0.105. The maximum absolute atomic E-state index is 13.0. The van der Waals surface area contributed by atoms with Crippen molar-refractivity contribution in [3.8, 4) is 0 Å². The Kier molecular flexibility index (Phi) is 7.38. The van der Waals surface area contributed by atoms with Crippen LogP contribution in [0.25, 0.3) is 0 Å². The Hall–Kier alpha value is -1.98. The Balaban J connectivity index is 1.75. The summed E-state index contributed by atoms with van der Waals surface area (Å²) in [6.45, 7) is 12.0. The smallest absolute Gasteiger partial charge is 0.255 e. The number of rotatable bonds is 6. The van der Waals surface area contributed by atoms with E-state index < -0.39 is 0 Å². The fraction of sp³-hybridized carbons (Fsp3) is 0.440. The molecule has 4 nitrogen and oxygen atoms in total. The molecule has 1 aliphatic heterocycles. The zero-order valence-corrected chi connectivity index (χ0v) is 20.5. The van der Waals surface area contributed by atoms with Crippen LogP contribution in [0, 0.1) is 0 Å². The predicted molar refractivity (Wildman–Crippen MR) is 130 cm³/mol. The Morgan fingerprint density at radius 1 is 1.13 bits per heavy atom. The molecule has 166 valence electrons. The van der Waals surface area contributed by atoms with Crippen molar-refractivity contribution in [3.05, 3.63) is 70.2 Å². The molecule has 0 aromatic heterocycles. The molecule has 31 heavy (non-hydrogen) atoms. The second-order valence-electron chi connectivity index (χ2n) is 8.90. The van der Waals surface area contributed by atoms with Gasteiger partial charge in [0.15, 0.2) is 0 Å². The van der Waals surface area contributed by atoms with Crippen LogP contribution in [0.4, 0.5) is 0 Å². The van der Waals surface area contributed by atoms with Crippen LogP contribution < -0.4 is 0 Å². The number of carbonyl (C=O) groups is 2. The monoisotopic (exact) mass is 458 g/mol. The van der Waals surface area contributed by atoms with E-state index >= 15 is 0 Å². The zero-order valence-electron chi connectivity index (χ0n) is 18.9. The number of nitrogens with zero attached hydrogens (tertiary/aromatic N) is 2. The van der Waals surface area contributed by atoms with E-state index in [0.717, 1.165) is 5.56 Å². The Morgan fingerprint density at radius 3 is 2.35 bits per heavy atom. The van der Waals surface area contributed by atoms with Gasteiger partial charge in [0.05, 0.1) is 15.8 Å². The minimum absolute atomic E-state index is 0.0364. The SMILES string of the molecule is CCN(CCN1C(=O)[C@H](C)S[C@@H]1c1ccc(C(C)(C)C)cc1)C(=O)c1ccccc1Cl. The van der Waals surface area contributed by atoms with Crippen molar-refractivity contribution in [1.82, 2.24) is 9.80 Å². The summed E-state index contributed by atoms with van der Waals surface area (Å²) in [6, 6.07) is 15.7. The summed E-state index contributed by atoms with van der Waals surface area (Å²) in [7, 11) is 0. The molecule has 1 fully saturated rings. The van der Waals surface area contributed by atoms with E-state index in [4.69, 9.17) is 11.6 Å². The van der Waals surface area contributed by atoms with E-state index in [0.29, 0.717) is 30.2 Å². The lowest BCUT2D eigenvalue weighted by molar-refractivity contribution is -0.130. The standard InChI is InChI=1S/C25H31ClN2O2S/c1-6-27(23(30)20-9-7-8-10-21(20)26)15-16-28-22(29)17(2)31-24(28)18-11-13-19(14-12-18)25(3,4)5/h7-14,17,24H,6,15-16H2,1-5H3/t17-,24+/m0/s1. The van der Waals surface area contributed by atoms with Crippen LogP contribution in [0.2, 0.25) is 5.02 Å². The molecule has 6 heteroatoms. The quantitative estimate of drug-likeness (QED) is 0.552. The van der Waals surface area contributed by atoms with E-state index in [1.165, 1.54) is 5.56 Å². The van der Waals surface area contributed by atoms with E-state index in [-0.39, 0.29) is 27.9 Å². The number of likely N-dealkylation sites (N-methyl/N-ethyl adjacent to an activating group) is 1. The van der Waals surface area contributed by atoms with Crippen LogP contribution in [-0.4, -0.2) is 46.5 Å². The fourth-order valence-electron chi connectivity index (χ4n) is 3.74. The lowest BCUT2D eigenvalue weighted by atomic mass is 9.86. The molecule has 2 aromatic rings. The second kappa shape index (κ2) is 9.66. The summed E-state index contributed by atoms with van der Waals surface area (Å²) in [4.78, 5) is 29.5. The first-order valence-electron chi connectivity index (χ1n) is 10.7. The highest BCUT2D eigenvalue weighted by atomic mass is 35.5. The summed E-state index contributed by atoms with van der Waals surface area (Å²) in [5.41, 5.74) is 2.98. The third-order valence-electron chi connectivity index (χ3n) is 5.69. The highest BCUT2D eigenvalue weighted by molar-refractivity contribution is 8.01. The number of hydrogen-bond acceptors (Lipinski definition) is 3. The van der Waals surface area contributed by atoms with Gasteiger partial charge in [0, 0.05) is 19.6 Å². The van der Waals surface area contributed by atoms with Gasteiger partial charge in [-0.05, 0) is 42.5 Å². The van der Waals surface area contributed by atoms with Crippen molar-refractivity contribution >= 4 is 35.2 Å². The van der Waals surface area contributed by atoms with Crippen molar-refractivity contribution in [1.29, 1.82) is 0 Å². The van der Waals surface area contributed by atoms with Crippen molar-refractivity contribution < 1.29 is 9.59 Å². The lowest BCUT2D eigenvalue weighted by Gasteiger charge is -2.29. The van der Waals surface area contributed by atoms with Gasteiger partial charge in [-0.15, -0.1) is 11.8 Å². The molecule has 0 aliphatic carbocycles. The topological polar surface area (TPSA) is 40.6 Å².